The van der Waals surface area contributed by atoms with Gasteiger partial charge in [-0.2, -0.15) is 0 Å². The molecule has 1 spiro atoms. The molecule has 112 valence electrons. The van der Waals surface area contributed by atoms with Gasteiger partial charge >= 0.3 is 0 Å². The first-order chi connectivity index (χ1) is 9.37. The maximum atomic E-state index is 13.1. The van der Waals surface area contributed by atoms with E-state index in [1.807, 2.05) is 11.8 Å². The topological polar surface area (TPSA) is 49.4 Å². The van der Waals surface area contributed by atoms with Crippen LogP contribution in [0.2, 0.25) is 0 Å². The SMILES string of the molecule is CC1C(=O)NC2(CCCC2)C(=O)N1C1CCCC1(C)C. The lowest BCUT2D eigenvalue weighted by Crippen LogP contribution is -2.71. The molecule has 4 nitrogen and oxygen atoms in total. The molecule has 0 bridgehead atoms. The number of carbonyl (C=O) groups excluding carboxylic acids is 2. The summed E-state index contributed by atoms with van der Waals surface area (Å²) in [6.07, 6.45) is 7.05. The number of amides is 2. The third-order valence-corrected chi connectivity index (χ3v) is 5.80. The Kier molecular flexibility index (Phi) is 3.11. The Balaban J connectivity index is 1.95. The highest BCUT2D eigenvalue weighted by molar-refractivity contribution is 6.00. The number of carbonyl (C=O) groups is 2. The van der Waals surface area contributed by atoms with Crippen molar-refractivity contribution in [2.75, 3.05) is 0 Å². The first kappa shape index (κ1) is 13.9. The average molecular weight is 278 g/mol. The summed E-state index contributed by atoms with van der Waals surface area (Å²) >= 11 is 0. The van der Waals surface area contributed by atoms with Gasteiger partial charge in [-0.15, -0.1) is 0 Å². The molecule has 0 aromatic carbocycles. The molecule has 3 rings (SSSR count). The molecule has 0 aromatic heterocycles. The number of hydrogen-bond donors (Lipinski definition) is 1. The average Bonchev–Trinajstić information content (AvgIpc) is 2.96. The fourth-order valence-corrected chi connectivity index (χ4v) is 4.50. The second-order valence-electron chi connectivity index (χ2n) is 7.56. The van der Waals surface area contributed by atoms with E-state index in [2.05, 4.69) is 19.2 Å². The zero-order chi connectivity index (χ0) is 14.5. The Morgan fingerprint density at radius 3 is 2.30 bits per heavy atom. The van der Waals surface area contributed by atoms with Crippen LogP contribution in [0.5, 0.6) is 0 Å². The number of hydrogen-bond acceptors (Lipinski definition) is 2. The molecule has 1 saturated heterocycles. The molecule has 2 saturated carbocycles. The van der Waals surface area contributed by atoms with Gasteiger partial charge in [0.1, 0.15) is 11.6 Å². The van der Waals surface area contributed by atoms with Crippen LogP contribution in [0.4, 0.5) is 0 Å². The molecular formula is C16H26N2O2. The standard InChI is InChI=1S/C16H26N2O2/c1-11-13(19)17-16(9-4-5-10-16)14(20)18(11)12-7-6-8-15(12,2)3/h11-12H,4-10H2,1-3H3,(H,17,19). The van der Waals surface area contributed by atoms with Crippen molar-refractivity contribution in [2.45, 2.75) is 83.3 Å². The van der Waals surface area contributed by atoms with E-state index in [1.165, 1.54) is 0 Å². The molecule has 1 heterocycles. The summed E-state index contributed by atoms with van der Waals surface area (Å²) in [6, 6.07) is -0.107. The van der Waals surface area contributed by atoms with Crippen molar-refractivity contribution in [1.82, 2.24) is 10.2 Å². The molecule has 2 atom stereocenters. The molecule has 0 aromatic rings. The highest BCUT2D eigenvalue weighted by atomic mass is 16.2. The number of piperazine rings is 1. The van der Waals surface area contributed by atoms with Crippen LogP contribution in [0.25, 0.3) is 0 Å². The summed E-state index contributed by atoms with van der Waals surface area (Å²) in [5.74, 6) is 0.219. The van der Waals surface area contributed by atoms with Crippen LogP contribution in [0.15, 0.2) is 0 Å². The van der Waals surface area contributed by atoms with E-state index in [0.29, 0.717) is 0 Å². The molecule has 4 heteroatoms. The zero-order valence-corrected chi connectivity index (χ0v) is 12.9. The van der Waals surface area contributed by atoms with Gasteiger partial charge in [-0.3, -0.25) is 9.59 Å². The minimum atomic E-state index is -0.581. The molecule has 20 heavy (non-hydrogen) atoms. The van der Waals surface area contributed by atoms with Crippen molar-refractivity contribution < 1.29 is 9.59 Å². The minimum absolute atomic E-state index is 0.0363. The van der Waals surface area contributed by atoms with Crippen LogP contribution < -0.4 is 5.32 Å². The Hall–Kier alpha value is -1.06. The third kappa shape index (κ3) is 1.87. The molecule has 3 fully saturated rings. The lowest BCUT2D eigenvalue weighted by molar-refractivity contribution is -0.159. The van der Waals surface area contributed by atoms with Gasteiger partial charge in [0.2, 0.25) is 11.8 Å². The lowest BCUT2D eigenvalue weighted by Gasteiger charge is -2.49. The second kappa shape index (κ2) is 4.47. The summed E-state index contributed by atoms with van der Waals surface area (Å²) < 4.78 is 0. The van der Waals surface area contributed by atoms with Gasteiger partial charge in [0, 0.05) is 6.04 Å². The first-order valence-corrected chi connectivity index (χ1v) is 8.02. The predicted molar refractivity (Wildman–Crippen MR) is 77.1 cm³/mol. The van der Waals surface area contributed by atoms with E-state index in [9.17, 15) is 9.59 Å². The Labute approximate surface area is 121 Å². The van der Waals surface area contributed by atoms with Gasteiger partial charge in [0.15, 0.2) is 0 Å². The number of nitrogens with zero attached hydrogens (tertiary/aromatic N) is 1. The summed E-state index contributed by atoms with van der Waals surface area (Å²) in [7, 11) is 0. The van der Waals surface area contributed by atoms with Gasteiger partial charge in [-0.1, -0.05) is 33.1 Å². The van der Waals surface area contributed by atoms with Crippen LogP contribution in [0, 0.1) is 5.41 Å². The molecule has 0 radical (unpaired) electrons. The largest absolute Gasteiger partial charge is 0.340 e. The van der Waals surface area contributed by atoms with Crippen molar-refractivity contribution in [1.29, 1.82) is 0 Å². The molecule has 2 amide bonds. The van der Waals surface area contributed by atoms with Gasteiger partial charge in [0.25, 0.3) is 0 Å². The van der Waals surface area contributed by atoms with Crippen molar-refractivity contribution in [3.8, 4) is 0 Å². The van der Waals surface area contributed by atoms with Crippen LogP contribution in [-0.2, 0) is 9.59 Å². The van der Waals surface area contributed by atoms with Crippen LogP contribution in [0.3, 0.4) is 0 Å². The maximum Gasteiger partial charge on any atom is 0.249 e. The van der Waals surface area contributed by atoms with Gasteiger partial charge in [-0.25, -0.2) is 0 Å². The third-order valence-electron chi connectivity index (χ3n) is 5.80. The molecule has 2 aliphatic carbocycles. The van der Waals surface area contributed by atoms with Crippen LogP contribution in [0.1, 0.15) is 65.7 Å². The summed E-state index contributed by atoms with van der Waals surface area (Å²) in [5.41, 5.74) is -0.455. The van der Waals surface area contributed by atoms with E-state index in [1.54, 1.807) is 0 Å². The van der Waals surface area contributed by atoms with Crippen LogP contribution >= 0.6 is 0 Å². The van der Waals surface area contributed by atoms with Crippen molar-refractivity contribution in [3.63, 3.8) is 0 Å². The highest BCUT2D eigenvalue weighted by Gasteiger charge is 2.55. The quantitative estimate of drug-likeness (QED) is 0.799. The first-order valence-electron chi connectivity index (χ1n) is 8.02. The van der Waals surface area contributed by atoms with E-state index < -0.39 is 5.54 Å². The summed E-state index contributed by atoms with van der Waals surface area (Å²) in [6.45, 7) is 6.35. The predicted octanol–water partition coefficient (Wildman–Crippen LogP) is 2.22. The number of nitrogens with one attached hydrogen (secondary N) is 1. The van der Waals surface area contributed by atoms with E-state index >= 15 is 0 Å². The fourth-order valence-electron chi connectivity index (χ4n) is 4.50. The molecular weight excluding hydrogens is 252 g/mol. The maximum absolute atomic E-state index is 13.1. The fraction of sp³-hybridized carbons (Fsp3) is 0.875. The summed E-state index contributed by atoms with van der Waals surface area (Å²) in [4.78, 5) is 27.4. The Morgan fingerprint density at radius 2 is 1.75 bits per heavy atom. The smallest absolute Gasteiger partial charge is 0.249 e. The van der Waals surface area contributed by atoms with Crippen molar-refractivity contribution in [3.05, 3.63) is 0 Å². The Bertz CT molecular complexity index is 438. The summed E-state index contributed by atoms with van der Waals surface area (Å²) in [5, 5.41) is 3.04. The van der Waals surface area contributed by atoms with Crippen LogP contribution in [-0.4, -0.2) is 34.3 Å². The van der Waals surface area contributed by atoms with Gasteiger partial charge in [-0.05, 0) is 38.0 Å². The van der Waals surface area contributed by atoms with E-state index in [4.69, 9.17) is 0 Å². The van der Waals surface area contributed by atoms with Gasteiger partial charge < -0.3 is 10.2 Å². The monoisotopic (exact) mass is 278 g/mol. The zero-order valence-electron chi connectivity index (χ0n) is 12.9. The van der Waals surface area contributed by atoms with E-state index in [0.717, 1.165) is 44.9 Å². The second-order valence-corrected chi connectivity index (χ2v) is 7.56. The highest BCUT2D eigenvalue weighted by Crippen LogP contribution is 2.44. The molecule has 2 unspecified atom stereocenters. The van der Waals surface area contributed by atoms with Gasteiger partial charge in [0.05, 0.1) is 0 Å². The normalized spacial score (nSPS) is 35.6. The molecule has 1 aliphatic heterocycles. The molecule has 1 N–H and O–H groups in total. The Morgan fingerprint density at radius 1 is 1.10 bits per heavy atom. The van der Waals surface area contributed by atoms with E-state index in [-0.39, 0.29) is 29.3 Å². The van der Waals surface area contributed by atoms with Crippen molar-refractivity contribution in [2.24, 2.45) is 5.41 Å². The minimum Gasteiger partial charge on any atom is -0.340 e. The van der Waals surface area contributed by atoms with Crippen molar-refractivity contribution >= 4 is 11.8 Å². The lowest BCUT2D eigenvalue weighted by atomic mass is 9.82. The number of rotatable bonds is 1. The molecule has 3 aliphatic rings.